The summed E-state index contributed by atoms with van der Waals surface area (Å²) >= 11 is 5.26. The highest BCUT2D eigenvalue weighted by molar-refractivity contribution is 7.80. The molecule has 1 aromatic rings. The third-order valence-corrected chi connectivity index (χ3v) is 4.04. The molecule has 1 fully saturated rings. The predicted octanol–water partition coefficient (Wildman–Crippen LogP) is 1.04. The molecular formula is C15H24N3OS+. The van der Waals surface area contributed by atoms with Crippen LogP contribution in [0.3, 0.4) is 0 Å². The van der Waals surface area contributed by atoms with Crippen molar-refractivity contribution in [1.29, 1.82) is 0 Å². The van der Waals surface area contributed by atoms with Crippen LogP contribution >= 0.6 is 12.2 Å². The van der Waals surface area contributed by atoms with Gasteiger partial charge in [-0.1, -0.05) is 6.08 Å². The van der Waals surface area contributed by atoms with Gasteiger partial charge >= 0.3 is 0 Å². The molecule has 0 aromatic carbocycles. The molecule has 0 unspecified atom stereocenters. The first-order chi connectivity index (χ1) is 9.81. The van der Waals surface area contributed by atoms with Gasteiger partial charge in [-0.25, -0.2) is 0 Å². The summed E-state index contributed by atoms with van der Waals surface area (Å²) < 4.78 is 5.62. The van der Waals surface area contributed by atoms with Crippen molar-refractivity contribution >= 4 is 17.3 Å². The smallest absolute Gasteiger partial charge is 0.166 e. The van der Waals surface area contributed by atoms with E-state index in [1.165, 1.54) is 32.4 Å². The summed E-state index contributed by atoms with van der Waals surface area (Å²) in [5, 5.41) is 7.07. The second-order valence-electron chi connectivity index (χ2n) is 5.17. The maximum atomic E-state index is 5.62. The van der Waals surface area contributed by atoms with Gasteiger partial charge < -0.3 is 20.0 Å². The summed E-state index contributed by atoms with van der Waals surface area (Å²) in [4.78, 5) is 1.59. The lowest BCUT2D eigenvalue weighted by atomic mass is 10.1. The van der Waals surface area contributed by atoms with Crippen LogP contribution in [-0.2, 0) is 0 Å². The SMILES string of the molecule is C=CCNC(=S)NC[C@H](c1ccco1)[NH+]1CCCCC1. The molecule has 1 aliphatic rings. The first-order valence-electron chi connectivity index (χ1n) is 7.32. The third kappa shape index (κ3) is 4.35. The van der Waals surface area contributed by atoms with Crippen LogP contribution in [0.4, 0.5) is 0 Å². The van der Waals surface area contributed by atoms with E-state index in [0.29, 0.717) is 17.7 Å². The third-order valence-electron chi connectivity index (χ3n) is 3.75. The van der Waals surface area contributed by atoms with Gasteiger partial charge in [0.05, 0.1) is 25.9 Å². The van der Waals surface area contributed by atoms with E-state index in [1.807, 2.05) is 6.07 Å². The zero-order valence-electron chi connectivity index (χ0n) is 11.9. The summed E-state index contributed by atoms with van der Waals surface area (Å²) in [6.07, 6.45) is 7.49. The minimum Gasteiger partial charge on any atom is -0.463 e. The number of hydrogen-bond donors (Lipinski definition) is 3. The molecule has 0 radical (unpaired) electrons. The van der Waals surface area contributed by atoms with Crippen molar-refractivity contribution in [3.05, 3.63) is 36.8 Å². The maximum absolute atomic E-state index is 5.62. The Bertz CT molecular complexity index is 413. The Morgan fingerprint density at radius 2 is 2.20 bits per heavy atom. The summed E-state index contributed by atoms with van der Waals surface area (Å²) in [5.41, 5.74) is 0. The van der Waals surface area contributed by atoms with Crippen molar-refractivity contribution in [3.63, 3.8) is 0 Å². The van der Waals surface area contributed by atoms with Gasteiger partial charge in [0.2, 0.25) is 0 Å². The molecular weight excluding hydrogens is 270 g/mol. The van der Waals surface area contributed by atoms with Gasteiger partial charge in [0.25, 0.3) is 0 Å². The number of thiocarbonyl (C=S) groups is 1. The van der Waals surface area contributed by atoms with E-state index in [2.05, 4.69) is 23.3 Å². The number of hydrogen-bond acceptors (Lipinski definition) is 2. The molecule has 0 aliphatic carbocycles. The molecule has 5 heteroatoms. The van der Waals surface area contributed by atoms with Crippen molar-refractivity contribution in [2.45, 2.75) is 25.3 Å². The van der Waals surface area contributed by atoms with Crippen LogP contribution in [-0.4, -0.2) is 31.3 Å². The fourth-order valence-electron chi connectivity index (χ4n) is 2.71. The number of quaternary nitrogens is 1. The second kappa shape index (κ2) is 8.07. The van der Waals surface area contributed by atoms with Gasteiger partial charge in [-0.3, -0.25) is 0 Å². The summed E-state index contributed by atoms with van der Waals surface area (Å²) in [6.45, 7) is 7.58. The van der Waals surface area contributed by atoms with Gasteiger partial charge in [0.15, 0.2) is 16.9 Å². The zero-order chi connectivity index (χ0) is 14.2. The van der Waals surface area contributed by atoms with Crippen LogP contribution < -0.4 is 15.5 Å². The Kier molecular flexibility index (Phi) is 6.08. The Morgan fingerprint density at radius 3 is 2.85 bits per heavy atom. The molecule has 2 rings (SSSR count). The van der Waals surface area contributed by atoms with Gasteiger partial charge in [0.1, 0.15) is 0 Å². The topological polar surface area (TPSA) is 41.6 Å². The van der Waals surface area contributed by atoms with Crippen molar-refractivity contribution in [2.24, 2.45) is 0 Å². The molecule has 110 valence electrons. The van der Waals surface area contributed by atoms with E-state index in [-0.39, 0.29) is 0 Å². The Labute approximate surface area is 126 Å². The van der Waals surface area contributed by atoms with Crippen LogP contribution in [0.25, 0.3) is 0 Å². The van der Waals surface area contributed by atoms with Crippen LogP contribution in [0, 0.1) is 0 Å². The Morgan fingerprint density at radius 1 is 1.40 bits per heavy atom. The lowest BCUT2D eigenvalue weighted by Gasteiger charge is -2.30. The number of nitrogens with one attached hydrogen (secondary N) is 3. The Balaban J connectivity index is 1.92. The van der Waals surface area contributed by atoms with Crippen molar-refractivity contribution < 1.29 is 9.32 Å². The predicted molar refractivity (Wildman–Crippen MR) is 84.8 cm³/mol. The minimum absolute atomic E-state index is 0.328. The van der Waals surface area contributed by atoms with Crippen molar-refractivity contribution in [3.8, 4) is 0 Å². The summed E-state index contributed by atoms with van der Waals surface area (Å²) in [6, 6.07) is 4.35. The summed E-state index contributed by atoms with van der Waals surface area (Å²) in [5.74, 6) is 1.04. The lowest BCUT2D eigenvalue weighted by Crippen LogP contribution is -3.13. The summed E-state index contributed by atoms with van der Waals surface area (Å²) in [7, 11) is 0. The van der Waals surface area contributed by atoms with Gasteiger partial charge in [-0.2, -0.15) is 0 Å². The molecule has 1 aromatic heterocycles. The van der Waals surface area contributed by atoms with Crippen LogP contribution in [0.15, 0.2) is 35.5 Å². The monoisotopic (exact) mass is 294 g/mol. The fraction of sp³-hybridized carbons (Fsp3) is 0.533. The first-order valence-corrected chi connectivity index (χ1v) is 7.72. The molecule has 2 heterocycles. The average Bonchev–Trinajstić information content (AvgIpc) is 3.00. The number of furan rings is 1. The molecule has 20 heavy (non-hydrogen) atoms. The average molecular weight is 294 g/mol. The number of rotatable bonds is 6. The highest BCUT2D eigenvalue weighted by atomic mass is 32.1. The molecule has 0 saturated carbocycles. The zero-order valence-corrected chi connectivity index (χ0v) is 12.7. The highest BCUT2D eigenvalue weighted by Gasteiger charge is 2.28. The number of likely N-dealkylation sites (tertiary alicyclic amines) is 1. The fourth-order valence-corrected chi connectivity index (χ4v) is 2.88. The molecule has 0 amide bonds. The van der Waals surface area contributed by atoms with Gasteiger partial charge in [-0.05, 0) is 43.6 Å². The second-order valence-corrected chi connectivity index (χ2v) is 5.57. The van der Waals surface area contributed by atoms with E-state index < -0.39 is 0 Å². The standard InChI is InChI=1S/C15H23N3OS/c1-2-8-16-15(20)17-12-13(14-7-6-11-19-14)18-9-4-3-5-10-18/h2,6-7,11,13H,1,3-5,8-10,12H2,(H2,16,17,20)/p+1/t13-/m1/s1. The van der Waals surface area contributed by atoms with E-state index in [0.717, 1.165) is 12.3 Å². The maximum Gasteiger partial charge on any atom is 0.166 e. The van der Waals surface area contributed by atoms with E-state index in [1.54, 1.807) is 17.2 Å². The van der Waals surface area contributed by atoms with Crippen LogP contribution in [0.1, 0.15) is 31.1 Å². The molecule has 1 atom stereocenters. The molecule has 0 spiro atoms. The van der Waals surface area contributed by atoms with Crippen LogP contribution in [0.2, 0.25) is 0 Å². The van der Waals surface area contributed by atoms with E-state index in [4.69, 9.17) is 16.6 Å². The van der Waals surface area contributed by atoms with Gasteiger partial charge in [-0.15, -0.1) is 6.58 Å². The van der Waals surface area contributed by atoms with Crippen molar-refractivity contribution in [2.75, 3.05) is 26.2 Å². The molecule has 1 saturated heterocycles. The van der Waals surface area contributed by atoms with Crippen LogP contribution in [0.5, 0.6) is 0 Å². The largest absolute Gasteiger partial charge is 0.463 e. The first kappa shape index (κ1) is 15.1. The molecule has 4 nitrogen and oxygen atoms in total. The van der Waals surface area contributed by atoms with Gasteiger partial charge in [0, 0.05) is 6.54 Å². The van der Waals surface area contributed by atoms with E-state index >= 15 is 0 Å². The Hall–Kier alpha value is -1.33. The molecule has 3 N–H and O–H groups in total. The number of piperidine rings is 1. The quantitative estimate of drug-likeness (QED) is 0.542. The normalized spacial score (nSPS) is 17.4. The lowest BCUT2D eigenvalue weighted by molar-refractivity contribution is -0.936. The minimum atomic E-state index is 0.328. The molecule has 0 bridgehead atoms. The highest BCUT2D eigenvalue weighted by Crippen LogP contribution is 2.11. The van der Waals surface area contributed by atoms with Crippen molar-refractivity contribution in [1.82, 2.24) is 10.6 Å². The molecule has 1 aliphatic heterocycles. The van der Waals surface area contributed by atoms with E-state index in [9.17, 15) is 0 Å².